The summed E-state index contributed by atoms with van der Waals surface area (Å²) in [5, 5.41) is 5.42. The van der Waals surface area contributed by atoms with E-state index in [-0.39, 0.29) is 60.1 Å². The summed E-state index contributed by atoms with van der Waals surface area (Å²) in [6.45, 7) is 3.87. The Morgan fingerprint density at radius 2 is 2.03 bits per heavy atom. The number of alkyl halides is 3. The second-order valence-electron chi connectivity index (χ2n) is 9.63. The number of carbonyl (C=O) groups is 1. The summed E-state index contributed by atoms with van der Waals surface area (Å²) in [5.74, 6) is -3.09. The molecule has 0 saturated carbocycles. The number of nitrogens with zero attached hydrogens (tertiary/aromatic N) is 3. The van der Waals surface area contributed by atoms with Gasteiger partial charge in [-0.15, -0.1) is 0 Å². The predicted octanol–water partition coefficient (Wildman–Crippen LogP) is 4.79. The molecule has 0 bridgehead atoms. The number of benzene rings is 1. The van der Waals surface area contributed by atoms with Gasteiger partial charge >= 0.3 is 6.18 Å². The number of pyridine rings is 1. The second kappa shape index (κ2) is 11.2. The van der Waals surface area contributed by atoms with Crippen LogP contribution in [0.25, 0.3) is 11.3 Å². The number of H-pyrrole nitrogens is 1. The summed E-state index contributed by atoms with van der Waals surface area (Å²) in [4.78, 5) is 18.8. The second-order valence-corrected chi connectivity index (χ2v) is 11.3. The first-order valence-corrected chi connectivity index (χ1v) is 13.6. The zero-order valence-electron chi connectivity index (χ0n) is 21.1. The number of halogens is 4. The molecule has 4 rings (SSSR count). The number of nitrogens with one attached hydrogen (secondary N) is 2. The number of rotatable bonds is 8. The lowest BCUT2D eigenvalue weighted by atomic mass is 9.97. The number of piperidine rings is 1. The van der Waals surface area contributed by atoms with Crippen molar-refractivity contribution in [3.63, 3.8) is 0 Å². The number of sulfonamides is 1. The molecule has 9 nitrogen and oxygen atoms in total. The van der Waals surface area contributed by atoms with E-state index in [1.54, 1.807) is 0 Å². The lowest BCUT2D eigenvalue weighted by molar-refractivity contribution is -0.176. The van der Waals surface area contributed by atoms with Crippen molar-refractivity contribution in [2.24, 2.45) is 11.8 Å². The molecule has 1 saturated heterocycles. The lowest BCUT2D eigenvalue weighted by Crippen LogP contribution is -2.43. The van der Waals surface area contributed by atoms with E-state index in [0.717, 1.165) is 6.07 Å². The first-order valence-electron chi connectivity index (χ1n) is 12.2. The van der Waals surface area contributed by atoms with Crippen LogP contribution < -0.4 is 14.4 Å². The number of hydrogen-bond acceptors (Lipinski definition) is 7. The molecule has 1 amide bonds. The number of aromatic nitrogens is 3. The molecular weight excluding hydrogens is 542 g/mol. The van der Waals surface area contributed by atoms with Crippen LogP contribution in [-0.2, 0) is 10.0 Å². The van der Waals surface area contributed by atoms with Gasteiger partial charge in [-0.3, -0.25) is 9.89 Å². The molecule has 1 unspecified atom stereocenters. The maximum atomic E-state index is 14.4. The standard InChI is InChI=1S/C25H27F4N5O4S.H2/c1-15(2)14-38-19-11-16(10-18(26)12-19)21-6-5-20(24(35)33-39(36,37)22-7-8-30-32-22)23(31-21)34-9-3-4-17(13-34)25(27,28)29;/h5-8,10-12,15,17H,3-4,9,13-14H2,1-2H3,(H,30,32)(H,33,35);1H. The maximum Gasteiger partial charge on any atom is 0.393 e. The Morgan fingerprint density at radius 3 is 2.69 bits per heavy atom. The van der Waals surface area contributed by atoms with Gasteiger partial charge in [0.2, 0.25) is 0 Å². The molecule has 212 valence electrons. The SMILES string of the molecule is CC(C)COc1cc(F)cc(-c2ccc(C(=O)NS(=O)(=O)c3ccn[nH]3)c(N3CCCC(C(F)(F)F)C3)n2)c1.[HH]. The Bertz CT molecular complexity index is 1440. The molecule has 1 aromatic carbocycles. The molecule has 14 heteroatoms. The van der Waals surface area contributed by atoms with E-state index in [0.29, 0.717) is 6.61 Å². The van der Waals surface area contributed by atoms with Gasteiger partial charge in [0.05, 0.1) is 30.0 Å². The lowest BCUT2D eigenvalue weighted by Gasteiger charge is -2.35. The van der Waals surface area contributed by atoms with E-state index in [1.807, 2.05) is 18.6 Å². The molecule has 1 aliphatic rings. The van der Waals surface area contributed by atoms with Gasteiger partial charge in [-0.25, -0.2) is 14.1 Å². The van der Waals surface area contributed by atoms with Crippen molar-refractivity contribution in [2.75, 3.05) is 24.6 Å². The summed E-state index contributed by atoms with van der Waals surface area (Å²) < 4.78 is 87.8. The Balaban J connectivity index is 0.00000441. The van der Waals surface area contributed by atoms with E-state index in [9.17, 15) is 30.8 Å². The molecule has 1 fully saturated rings. The van der Waals surface area contributed by atoms with E-state index < -0.39 is 40.4 Å². The highest BCUT2D eigenvalue weighted by Crippen LogP contribution is 2.36. The van der Waals surface area contributed by atoms with Gasteiger partial charge in [-0.2, -0.15) is 26.7 Å². The van der Waals surface area contributed by atoms with E-state index in [2.05, 4.69) is 15.2 Å². The van der Waals surface area contributed by atoms with Crippen LogP contribution in [-0.4, -0.2) is 55.4 Å². The Kier molecular flexibility index (Phi) is 8.14. The number of carbonyl (C=O) groups excluding carboxylic acids is 1. The zero-order chi connectivity index (χ0) is 28.4. The first kappa shape index (κ1) is 28.3. The van der Waals surface area contributed by atoms with Crippen LogP contribution in [0.3, 0.4) is 0 Å². The van der Waals surface area contributed by atoms with Gasteiger partial charge in [-0.05, 0) is 49.1 Å². The van der Waals surface area contributed by atoms with Crippen molar-refractivity contribution in [1.82, 2.24) is 19.9 Å². The molecule has 1 atom stereocenters. The Morgan fingerprint density at radius 1 is 1.26 bits per heavy atom. The number of amides is 1. The highest BCUT2D eigenvalue weighted by molar-refractivity contribution is 7.90. The molecule has 3 heterocycles. The predicted molar refractivity (Wildman–Crippen MR) is 136 cm³/mol. The van der Waals surface area contributed by atoms with Crippen molar-refractivity contribution in [3.05, 3.63) is 54.0 Å². The third kappa shape index (κ3) is 6.85. The molecule has 3 aromatic rings. The van der Waals surface area contributed by atoms with Gasteiger partial charge < -0.3 is 9.64 Å². The Hall–Kier alpha value is -3.68. The molecule has 1 aliphatic heterocycles. The molecular formula is C25H29F4N5O4S. The van der Waals surface area contributed by atoms with Crippen LogP contribution in [0.5, 0.6) is 5.75 Å². The molecule has 39 heavy (non-hydrogen) atoms. The maximum absolute atomic E-state index is 14.4. The number of anilines is 1. The van der Waals surface area contributed by atoms with Gasteiger partial charge in [-0.1, -0.05) is 13.8 Å². The topological polar surface area (TPSA) is 117 Å². The van der Waals surface area contributed by atoms with Crippen molar-refractivity contribution >= 4 is 21.7 Å². The quantitative estimate of drug-likeness (QED) is 0.374. The molecule has 0 spiro atoms. The number of hydrogen-bond donors (Lipinski definition) is 2. The van der Waals surface area contributed by atoms with Crippen molar-refractivity contribution in [3.8, 4) is 17.0 Å². The summed E-state index contributed by atoms with van der Waals surface area (Å²) in [6.07, 6.45) is -3.19. The van der Waals surface area contributed by atoms with Crippen LogP contribution in [0.4, 0.5) is 23.4 Å². The highest BCUT2D eigenvalue weighted by Gasteiger charge is 2.42. The highest BCUT2D eigenvalue weighted by atomic mass is 32.2. The van der Waals surface area contributed by atoms with Crippen molar-refractivity contribution < 1.29 is 36.9 Å². The van der Waals surface area contributed by atoms with Crippen LogP contribution in [0.1, 0.15) is 38.5 Å². The molecule has 2 N–H and O–H groups in total. The first-order chi connectivity index (χ1) is 18.3. The van der Waals surface area contributed by atoms with Crippen molar-refractivity contribution in [2.45, 2.75) is 37.9 Å². The average Bonchev–Trinajstić information content (AvgIpc) is 3.42. The molecule has 2 aromatic heterocycles. The van der Waals surface area contributed by atoms with Crippen LogP contribution in [0, 0.1) is 17.7 Å². The molecule has 0 radical (unpaired) electrons. The van der Waals surface area contributed by atoms with E-state index in [4.69, 9.17) is 4.74 Å². The van der Waals surface area contributed by atoms with Crippen LogP contribution >= 0.6 is 0 Å². The largest absolute Gasteiger partial charge is 0.493 e. The third-order valence-electron chi connectivity index (χ3n) is 6.05. The van der Waals surface area contributed by atoms with Crippen molar-refractivity contribution in [1.29, 1.82) is 0 Å². The van der Waals surface area contributed by atoms with Gasteiger partial charge in [0.15, 0.2) is 5.03 Å². The monoisotopic (exact) mass is 571 g/mol. The minimum absolute atomic E-state index is 0. The summed E-state index contributed by atoms with van der Waals surface area (Å²) in [6, 6.07) is 7.69. The fourth-order valence-electron chi connectivity index (χ4n) is 4.15. The zero-order valence-corrected chi connectivity index (χ0v) is 21.9. The summed E-state index contributed by atoms with van der Waals surface area (Å²) in [7, 11) is -4.34. The average molecular weight is 572 g/mol. The van der Waals surface area contributed by atoms with E-state index >= 15 is 0 Å². The van der Waals surface area contributed by atoms with Gasteiger partial charge in [0.1, 0.15) is 17.4 Å². The summed E-state index contributed by atoms with van der Waals surface area (Å²) >= 11 is 0. The fourth-order valence-corrected chi connectivity index (χ4v) is 5.02. The van der Waals surface area contributed by atoms with Crippen LogP contribution in [0.15, 0.2) is 47.6 Å². The molecule has 0 aliphatic carbocycles. The smallest absolute Gasteiger partial charge is 0.393 e. The summed E-state index contributed by atoms with van der Waals surface area (Å²) in [5.41, 5.74) is 0.190. The van der Waals surface area contributed by atoms with Gasteiger partial charge in [0, 0.05) is 26.1 Å². The minimum atomic E-state index is -4.46. The van der Waals surface area contributed by atoms with E-state index in [1.165, 1.54) is 41.4 Å². The van der Waals surface area contributed by atoms with Gasteiger partial charge in [0.25, 0.3) is 15.9 Å². The normalized spacial score (nSPS) is 16.4. The Labute approximate surface area is 224 Å². The fraction of sp³-hybridized carbons (Fsp3) is 0.400. The number of ether oxygens (including phenoxy) is 1. The van der Waals surface area contributed by atoms with Crippen LogP contribution in [0.2, 0.25) is 0 Å². The minimum Gasteiger partial charge on any atom is -0.493 e. The number of aromatic amines is 1. The third-order valence-corrected chi connectivity index (χ3v) is 7.31.